The van der Waals surface area contributed by atoms with Gasteiger partial charge in [0.2, 0.25) is 5.75 Å². The van der Waals surface area contributed by atoms with Crippen LogP contribution in [0.1, 0.15) is 73.6 Å². The summed E-state index contributed by atoms with van der Waals surface area (Å²) in [4.78, 5) is 0. The molecule has 0 amide bonds. The van der Waals surface area contributed by atoms with Gasteiger partial charge in [-0.05, 0) is 66.3 Å². The van der Waals surface area contributed by atoms with Gasteiger partial charge in [0.25, 0.3) is 0 Å². The molecule has 1 nitrogen and oxygen atoms in total. The Labute approximate surface area is 174 Å². The molecule has 1 unspecified atom stereocenters. The second-order valence-electron chi connectivity index (χ2n) is 8.03. The van der Waals surface area contributed by atoms with Crippen LogP contribution in [0.5, 0.6) is 5.75 Å². The SMILES string of the molecule is CCCCCCCc1ccc(C2CCc3c(cc(F)c(OC(F)(F)F)c3F)C2)cc1. The first-order valence-corrected chi connectivity index (χ1v) is 10.6. The fourth-order valence-electron chi connectivity index (χ4n) is 4.21. The van der Waals surface area contributed by atoms with Crippen LogP contribution in [0.3, 0.4) is 0 Å². The van der Waals surface area contributed by atoms with Gasteiger partial charge < -0.3 is 4.74 Å². The van der Waals surface area contributed by atoms with Crippen LogP contribution in [-0.4, -0.2) is 6.36 Å². The number of hydrogen-bond acceptors (Lipinski definition) is 1. The monoisotopic (exact) mass is 426 g/mol. The van der Waals surface area contributed by atoms with Crippen molar-refractivity contribution in [1.29, 1.82) is 0 Å². The summed E-state index contributed by atoms with van der Waals surface area (Å²) in [7, 11) is 0. The predicted octanol–water partition coefficient (Wildman–Crippen LogP) is 7.65. The van der Waals surface area contributed by atoms with Gasteiger partial charge in [-0.1, -0.05) is 56.9 Å². The molecule has 0 spiro atoms. The Bertz CT molecular complexity index is 842. The minimum absolute atomic E-state index is 0.0873. The van der Waals surface area contributed by atoms with E-state index in [9.17, 15) is 22.0 Å². The van der Waals surface area contributed by atoms with Crippen LogP contribution in [-0.2, 0) is 19.3 Å². The molecule has 0 aliphatic heterocycles. The molecule has 0 heterocycles. The van der Waals surface area contributed by atoms with Gasteiger partial charge in [-0.15, -0.1) is 13.2 Å². The van der Waals surface area contributed by atoms with Crippen LogP contribution in [0.25, 0.3) is 0 Å². The van der Waals surface area contributed by atoms with Crippen molar-refractivity contribution < 1.29 is 26.7 Å². The van der Waals surface area contributed by atoms with E-state index in [1.54, 1.807) is 0 Å². The van der Waals surface area contributed by atoms with Crippen LogP contribution in [0.4, 0.5) is 22.0 Å². The molecule has 0 radical (unpaired) electrons. The van der Waals surface area contributed by atoms with Crippen LogP contribution in [0.2, 0.25) is 0 Å². The number of rotatable bonds is 8. The summed E-state index contributed by atoms with van der Waals surface area (Å²) in [5, 5.41) is 0. The van der Waals surface area contributed by atoms with Gasteiger partial charge >= 0.3 is 6.36 Å². The van der Waals surface area contributed by atoms with Crippen molar-refractivity contribution in [3.05, 3.63) is 64.2 Å². The fraction of sp³-hybridized carbons (Fsp3) is 0.500. The summed E-state index contributed by atoms with van der Waals surface area (Å²) in [6.45, 7) is 2.19. The first-order chi connectivity index (χ1) is 14.3. The zero-order valence-electron chi connectivity index (χ0n) is 17.1. The standard InChI is InChI=1S/C24H27F5O/c1-2-3-4-5-6-7-16-8-10-17(11-9-16)18-12-13-20-19(14-18)15-21(25)23(22(20)26)30-24(27,28)29/h8-11,15,18H,2-7,12-14H2,1H3. The molecule has 0 saturated carbocycles. The zero-order chi connectivity index (χ0) is 21.7. The van der Waals surface area contributed by atoms with Crippen molar-refractivity contribution in [2.75, 3.05) is 0 Å². The molecule has 0 fully saturated rings. The van der Waals surface area contributed by atoms with E-state index in [0.717, 1.165) is 24.5 Å². The van der Waals surface area contributed by atoms with Gasteiger partial charge in [0.15, 0.2) is 11.6 Å². The Hall–Kier alpha value is -2.11. The lowest BCUT2D eigenvalue weighted by Crippen LogP contribution is -2.21. The third-order valence-electron chi connectivity index (χ3n) is 5.82. The highest BCUT2D eigenvalue weighted by atomic mass is 19.4. The van der Waals surface area contributed by atoms with Gasteiger partial charge in [0, 0.05) is 0 Å². The highest BCUT2D eigenvalue weighted by Crippen LogP contribution is 2.39. The predicted molar refractivity (Wildman–Crippen MR) is 107 cm³/mol. The van der Waals surface area contributed by atoms with Gasteiger partial charge in [0.05, 0.1) is 0 Å². The molecule has 30 heavy (non-hydrogen) atoms. The van der Waals surface area contributed by atoms with E-state index < -0.39 is 23.7 Å². The maximum absolute atomic E-state index is 14.5. The van der Waals surface area contributed by atoms with Crippen molar-refractivity contribution in [2.24, 2.45) is 0 Å². The van der Waals surface area contributed by atoms with E-state index >= 15 is 0 Å². The van der Waals surface area contributed by atoms with Crippen molar-refractivity contribution in [2.45, 2.75) is 77.0 Å². The maximum Gasteiger partial charge on any atom is 0.573 e. The van der Waals surface area contributed by atoms with Crippen LogP contribution in [0, 0.1) is 11.6 Å². The number of alkyl halides is 3. The summed E-state index contributed by atoms with van der Waals surface area (Å²) in [5.74, 6) is -3.82. The summed E-state index contributed by atoms with van der Waals surface area (Å²) < 4.78 is 69.4. The minimum Gasteiger partial charge on any atom is -0.399 e. The summed E-state index contributed by atoms with van der Waals surface area (Å²) in [5.41, 5.74) is 2.90. The average molecular weight is 426 g/mol. The molecule has 2 aromatic carbocycles. The van der Waals surface area contributed by atoms with E-state index in [1.807, 2.05) is 0 Å². The molecule has 164 valence electrons. The van der Waals surface area contributed by atoms with Gasteiger partial charge in [-0.3, -0.25) is 0 Å². The Morgan fingerprint density at radius 1 is 1.00 bits per heavy atom. The zero-order valence-corrected chi connectivity index (χ0v) is 17.1. The first-order valence-electron chi connectivity index (χ1n) is 10.6. The third-order valence-corrected chi connectivity index (χ3v) is 5.82. The molecule has 3 rings (SSSR count). The lowest BCUT2D eigenvalue weighted by molar-refractivity contribution is -0.276. The lowest BCUT2D eigenvalue weighted by Gasteiger charge is -2.26. The number of fused-ring (bicyclic) bond motifs is 1. The molecule has 0 bridgehead atoms. The number of hydrogen-bond donors (Lipinski definition) is 0. The van der Waals surface area contributed by atoms with Crippen molar-refractivity contribution in [3.8, 4) is 5.75 Å². The number of unbranched alkanes of at least 4 members (excludes halogenated alkanes) is 4. The molecule has 6 heteroatoms. The molecule has 0 N–H and O–H groups in total. The van der Waals surface area contributed by atoms with Crippen molar-refractivity contribution in [1.82, 2.24) is 0 Å². The highest BCUT2D eigenvalue weighted by molar-refractivity contribution is 5.42. The second kappa shape index (κ2) is 9.80. The molecule has 0 aromatic heterocycles. The van der Waals surface area contributed by atoms with Gasteiger partial charge in [-0.25, -0.2) is 8.78 Å². The number of halogens is 5. The normalized spacial score (nSPS) is 16.4. The largest absolute Gasteiger partial charge is 0.573 e. The maximum atomic E-state index is 14.5. The van der Waals surface area contributed by atoms with E-state index in [0.29, 0.717) is 18.4 Å². The lowest BCUT2D eigenvalue weighted by atomic mass is 9.79. The van der Waals surface area contributed by atoms with E-state index in [2.05, 4.69) is 35.9 Å². The van der Waals surface area contributed by atoms with E-state index in [4.69, 9.17) is 0 Å². The average Bonchev–Trinajstić information content (AvgIpc) is 2.70. The number of ether oxygens (including phenoxy) is 1. The summed E-state index contributed by atoms with van der Waals surface area (Å²) in [6, 6.07) is 9.31. The van der Waals surface area contributed by atoms with Crippen LogP contribution >= 0.6 is 0 Å². The molecule has 0 saturated heterocycles. The Morgan fingerprint density at radius 3 is 2.37 bits per heavy atom. The molecule has 1 aliphatic rings. The second-order valence-corrected chi connectivity index (χ2v) is 8.03. The molecule has 1 atom stereocenters. The van der Waals surface area contributed by atoms with Crippen molar-refractivity contribution >= 4 is 0 Å². The van der Waals surface area contributed by atoms with Crippen LogP contribution < -0.4 is 4.74 Å². The highest BCUT2D eigenvalue weighted by Gasteiger charge is 2.36. The minimum atomic E-state index is -5.13. The first kappa shape index (κ1) is 22.6. The topological polar surface area (TPSA) is 9.23 Å². The van der Waals surface area contributed by atoms with E-state index in [1.165, 1.54) is 31.2 Å². The Morgan fingerprint density at radius 2 is 1.70 bits per heavy atom. The fourth-order valence-corrected chi connectivity index (χ4v) is 4.21. The van der Waals surface area contributed by atoms with Gasteiger partial charge in [0.1, 0.15) is 0 Å². The number of aryl methyl sites for hydroxylation is 1. The smallest absolute Gasteiger partial charge is 0.399 e. The van der Waals surface area contributed by atoms with Gasteiger partial charge in [-0.2, -0.15) is 0 Å². The van der Waals surface area contributed by atoms with Crippen LogP contribution in [0.15, 0.2) is 30.3 Å². The third kappa shape index (κ3) is 5.73. The summed E-state index contributed by atoms with van der Waals surface area (Å²) >= 11 is 0. The molecule has 1 aliphatic carbocycles. The van der Waals surface area contributed by atoms with E-state index in [-0.39, 0.29) is 17.9 Å². The summed E-state index contributed by atoms with van der Waals surface area (Å²) in [6.07, 6.45) is 3.29. The quantitative estimate of drug-likeness (QED) is 0.311. The van der Waals surface area contributed by atoms with Crippen molar-refractivity contribution in [3.63, 3.8) is 0 Å². The number of benzene rings is 2. The Balaban J connectivity index is 1.66. The molecular formula is C24H27F5O. The molecule has 2 aromatic rings. The Kier molecular flexibility index (Phi) is 7.37. The molecular weight excluding hydrogens is 399 g/mol.